The van der Waals surface area contributed by atoms with Crippen LogP contribution in [0.25, 0.3) is 0 Å². The van der Waals surface area contributed by atoms with Gasteiger partial charge in [0.05, 0.1) is 12.6 Å². The van der Waals surface area contributed by atoms with Gasteiger partial charge in [0.1, 0.15) is 12.4 Å². The second-order valence-electron chi connectivity index (χ2n) is 4.90. The van der Waals surface area contributed by atoms with Gasteiger partial charge in [-0.3, -0.25) is 0 Å². The molecule has 1 unspecified atom stereocenters. The van der Waals surface area contributed by atoms with Gasteiger partial charge in [0.2, 0.25) is 0 Å². The predicted molar refractivity (Wildman–Crippen MR) is 83.1 cm³/mol. The maximum absolute atomic E-state index is 10.3. The van der Waals surface area contributed by atoms with Crippen molar-refractivity contribution in [3.63, 3.8) is 0 Å². The zero-order chi connectivity index (χ0) is 17.0. The molecule has 8 nitrogen and oxygen atoms in total. The summed E-state index contributed by atoms with van der Waals surface area (Å²) in [7, 11) is 0. The fourth-order valence-electron chi connectivity index (χ4n) is 1.95. The molecule has 0 bridgehead atoms. The molecule has 0 saturated heterocycles. The summed E-state index contributed by atoms with van der Waals surface area (Å²) in [5, 5.41) is 14.2. The van der Waals surface area contributed by atoms with Crippen LogP contribution in [0.5, 0.6) is 6.01 Å². The average molecular weight is 361 g/mol. The molecule has 2 rings (SSSR count). The van der Waals surface area contributed by atoms with E-state index in [2.05, 4.69) is 14.9 Å². The first-order chi connectivity index (χ1) is 10.8. The molecule has 0 radical (unpaired) electrons. The molecule has 0 fully saturated rings. The van der Waals surface area contributed by atoms with Crippen LogP contribution in [0.4, 0.5) is 0 Å². The third kappa shape index (κ3) is 5.05. The van der Waals surface area contributed by atoms with Gasteiger partial charge in [0.25, 0.3) is 0 Å². The van der Waals surface area contributed by atoms with Crippen molar-refractivity contribution < 1.29 is 14.7 Å². The molecule has 1 aromatic heterocycles. The Labute approximate surface area is 142 Å². The molecule has 0 amide bonds. The van der Waals surface area contributed by atoms with Gasteiger partial charge in [-0.05, 0) is 26.0 Å². The first-order valence-corrected chi connectivity index (χ1v) is 7.43. The molecule has 0 N–H and O–H groups in total. The lowest BCUT2D eigenvalue weighted by molar-refractivity contribution is -0.713. The SMILES string of the molecule is CC(C)OC(Cn1cnc(O[N+](=O)[O-])n1)c1ccc(Cl)cc1Cl. The van der Waals surface area contributed by atoms with E-state index in [0.717, 1.165) is 5.56 Å². The molecular formula is C13H14Cl2N4O4. The van der Waals surface area contributed by atoms with Crippen molar-refractivity contribution in [2.45, 2.75) is 32.6 Å². The number of rotatable bonds is 7. The Kier molecular flexibility index (Phi) is 5.75. The van der Waals surface area contributed by atoms with E-state index in [1.54, 1.807) is 18.2 Å². The number of aromatic nitrogens is 3. The van der Waals surface area contributed by atoms with E-state index in [-0.39, 0.29) is 18.7 Å². The fourth-order valence-corrected chi connectivity index (χ4v) is 2.48. The Morgan fingerprint density at radius 1 is 1.39 bits per heavy atom. The highest BCUT2D eigenvalue weighted by molar-refractivity contribution is 6.35. The maximum atomic E-state index is 10.3. The lowest BCUT2D eigenvalue weighted by Gasteiger charge is -2.21. The largest absolute Gasteiger partial charge is 0.369 e. The summed E-state index contributed by atoms with van der Waals surface area (Å²) in [4.78, 5) is 18.2. The Balaban J connectivity index is 2.21. The molecule has 124 valence electrons. The third-order valence-corrected chi connectivity index (χ3v) is 3.33. The minimum Gasteiger partial charge on any atom is -0.369 e. The van der Waals surface area contributed by atoms with Crippen LogP contribution >= 0.6 is 23.2 Å². The third-order valence-electron chi connectivity index (χ3n) is 2.77. The molecule has 10 heteroatoms. The number of ether oxygens (including phenoxy) is 1. The Hall–Kier alpha value is -1.90. The molecule has 1 atom stereocenters. The van der Waals surface area contributed by atoms with Gasteiger partial charge < -0.3 is 4.74 Å². The van der Waals surface area contributed by atoms with Crippen LogP contribution in [-0.4, -0.2) is 26.0 Å². The second kappa shape index (κ2) is 7.58. The minimum absolute atomic E-state index is 0.0650. The van der Waals surface area contributed by atoms with Crippen LogP contribution in [0.2, 0.25) is 10.0 Å². The van der Waals surface area contributed by atoms with Crippen molar-refractivity contribution in [1.29, 1.82) is 0 Å². The second-order valence-corrected chi connectivity index (χ2v) is 5.75. The van der Waals surface area contributed by atoms with Crippen molar-refractivity contribution in [3.05, 3.63) is 50.2 Å². The van der Waals surface area contributed by atoms with Crippen molar-refractivity contribution >= 4 is 23.2 Å². The summed E-state index contributed by atoms with van der Waals surface area (Å²) < 4.78 is 7.25. The van der Waals surface area contributed by atoms with Gasteiger partial charge in [-0.2, -0.15) is 4.98 Å². The summed E-state index contributed by atoms with van der Waals surface area (Å²) in [6, 6.07) is 4.75. The van der Waals surface area contributed by atoms with Crippen LogP contribution in [0.1, 0.15) is 25.5 Å². The summed E-state index contributed by atoms with van der Waals surface area (Å²) in [6.07, 6.45) is 0.828. The zero-order valence-electron chi connectivity index (χ0n) is 12.3. The first kappa shape index (κ1) is 17.5. The average Bonchev–Trinajstić information content (AvgIpc) is 2.83. The Bertz CT molecular complexity index is 692. The molecule has 1 heterocycles. The normalized spacial score (nSPS) is 12.4. The van der Waals surface area contributed by atoms with Crippen LogP contribution in [0, 0.1) is 10.1 Å². The lowest BCUT2D eigenvalue weighted by Crippen LogP contribution is -2.17. The van der Waals surface area contributed by atoms with Gasteiger partial charge in [-0.1, -0.05) is 29.3 Å². The predicted octanol–water partition coefficient (Wildman–Crippen LogP) is 3.32. The van der Waals surface area contributed by atoms with E-state index in [9.17, 15) is 10.1 Å². The van der Waals surface area contributed by atoms with E-state index in [1.807, 2.05) is 13.8 Å². The van der Waals surface area contributed by atoms with Crippen molar-refractivity contribution in [1.82, 2.24) is 14.8 Å². The van der Waals surface area contributed by atoms with E-state index in [4.69, 9.17) is 27.9 Å². The monoisotopic (exact) mass is 360 g/mol. The van der Waals surface area contributed by atoms with Crippen LogP contribution in [0.15, 0.2) is 24.5 Å². The summed E-state index contributed by atoms with van der Waals surface area (Å²) in [5.41, 5.74) is 0.733. The number of nitrogens with zero attached hydrogens (tertiary/aromatic N) is 4. The molecular weight excluding hydrogens is 347 g/mol. The molecule has 0 saturated carbocycles. The molecule has 0 aliphatic carbocycles. The molecule has 0 aliphatic heterocycles. The first-order valence-electron chi connectivity index (χ1n) is 6.67. The van der Waals surface area contributed by atoms with Gasteiger partial charge in [-0.25, -0.2) is 9.52 Å². The topological polar surface area (TPSA) is 92.3 Å². The number of hydrogen-bond donors (Lipinski definition) is 0. The van der Waals surface area contributed by atoms with E-state index in [1.165, 1.54) is 11.0 Å². The van der Waals surface area contributed by atoms with Gasteiger partial charge in [0.15, 0.2) is 0 Å². The van der Waals surface area contributed by atoms with Crippen molar-refractivity contribution in [2.75, 3.05) is 0 Å². The van der Waals surface area contributed by atoms with Crippen LogP contribution < -0.4 is 4.84 Å². The number of hydrogen-bond acceptors (Lipinski definition) is 6. The number of halogens is 2. The summed E-state index contributed by atoms with van der Waals surface area (Å²) in [5.74, 6) is 0. The van der Waals surface area contributed by atoms with Crippen LogP contribution in [-0.2, 0) is 11.3 Å². The highest BCUT2D eigenvalue weighted by Gasteiger charge is 2.19. The van der Waals surface area contributed by atoms with E-state index in [0.29, 0.717) is 10.0 Å². The minimum atomic E-state index is -0.974. The van der Waals surface area contributed by atoms with Gasteiger partial charge in [-0.15, -0.1) is 15.2 Å². The van der Waals surface area contributed by atoms with Gasteiger partial charge in [0, 0.05) is 15.6 Å². The molecule has 2 aromatic rings. The smallest absolute Gasteiger partial charge is 0.327 e. The van der Waals surface area contributed by atoms with E-state index < -0.39 is 11.2 Å². The summed E-state index contributed by atoms with van der Waals surface area (Å²) in [6.45, 7) is 4.03. The molecule has 23 heavy (non-hydrogen) atoms. The standard InChI is InChI=1S/C13H14Cl2N4O4/c1-8(2)22-12(10-4-3-9(14)5-11(10)15)6-18-7-16-13(17-18)23-19(20)21/h3-5,7-8,12H,6H2,1-2H3. The molecule has 1 aromatic carbocycles. The number of benzene rings is 1. The fraction of sp³-hybridized carbons (Fsp3) is 0.385. The lowest BCUT2D eigenvalue weighted by atomic mass is 10.1. The highest BCUT2D eigenvalue weighted by Crippen LogP contribution is 2.30. The maximum Gasteiger partial charge on any atom is 0.327 e. The summed E-state index contributed by atoms with van der Waals surface area (Å²) >= 11 is 12.1. The Morgan fingerprint density at radius 2 is 2.13 bits per heavy atom. The van der Waals surface area contributed by atoms with Crippen molar-refractivity contribution in [2.24, 2.45) is 0 Å². The van der Waals surface area contributed by atoms with Crippen LogP contribution in [0.3, 0.4) is 0 Å². The highest BCUT2D eigenvalue weighted by atomic mass is 35.5. The zero-order valence-corrected chi connectivity index (χ0v) is 13.9. The molecule has 0 spiro atoms. The molecule has 0 aliphatic rings. The van der Waals surface area contributed by atoms with Gasteiger partial charge >= 0.3 is 11.1 Å². The van der Waals surface area contributed by atoms with Crippen molar-refractivity contribution in [3.8, 4) is 6.01 Å². The quantitative estimate of drug-likeness (QED) is 0.555. The Morgan fingerprint density at radius 3 is 2.74 bits per heavy atom. The van der Waals surface area contributed by atoms with E-state index >= 15 is 0 Å².